The van der Waals surface area contributed by atoms with Crippen molar-refractivity contribution in [3.63, 3.8) is 0 Å². The molecular weight excluding hydrogens is 658 g/mol. The van der Waals surface area contributed by atoms with Crippen molar-refractivity contribution < 1.29 is 33.9 Å². The first-order chi connectivity index (χ1) is 23.8. The molecule has 0 aliphatic carbocycles. The molecule has 0 saturated carbocycles. The van der Waals surface area contributed by atoms with Gasteiger partial charge in [-0.3, -0.25) is 18.9 Å². The molecule has 1 fully saturated rings. The number of aliphatic hydroxyl groups excluding tert-OH is 1. The van der Waals surface area contributed by atoms with E-state index in [1.807, 2.05) is 59.7 Å². The number of hydrogen-bond acceptors (Lipinski definition) is 11. The molecule has 48 heavy (non-hydrogen) atoms. The van der Waals surface area contributed by atoms with Crippen molar-refractivity contribution in [2.75, 3.05) is 19.4 Å². The Morgan fingerprint density at radius 2 is 2.02 bits per heavy atom. The monoisotopic (exact) mass is 709 g/mol. The van der Waals surface area contributed by atoms with Crippen LogP contribution in [0.1, 0.15) is 93.4 Å². The van der Waals surface area contributed by atoms with Gasteiger partial charge in [0.25, 0.3) is 14.1 Å². The topological polar surface area (TPSA) is 165 Å². The first-order valence-electron chi connectivity index (χ1n) is 17.1. The fourth-order valence-corrected chi connectivity index (χ4v) is 9.33. The number of nitrogens with one attached hydrogen (secondary N) is 1. The van der Waals surface area contributed by atoms with Crippen molar-refractivity contribution in [2.45, 2.75) is 111 Å². The molecule has 0 amide bonds. The van der Waals surface area contributed by atoms with Crippen LogP contribution in [0.4, 0.5) is 0 Å². The molecule has 264 valence electrons. The molecule has 0 radical (unpaired) electrons. The summed E-state index contributed by atoms with van der Waals surface area (Å²) in [6.45, 7) is 11.8. The average molecular weight is 710 g/mol. The molecule has 5 atom stereocenters. The van der Waals surface area contributed by atoms with Crippen LogP contribution in [0.25, 0.3) is 0 Å². The van der Waals surface area contributed by atoms with E-state index in [4.69, 9.17) is 30.9 Å². The number of fused-ring (bicyclic) bond motifs is 1. The Morgan fingerprint density at radius 3 is 2.71 bits per heavy atom. The zero-order chi connectivity index (χ0) is 37.1. The van der Waals surface area contributed by atoms with Gasteiger partial charge in [-0.25, -0.2) is 14.0 Å². The molecular formula is C33H48N4O9P2. The largest absolute Gasteiger partial charge is 0.424 e. The average Bonchev–Trinajstić information content (AvgIpc) is 3.43. The molecule has 1 aromatic carbocycles. The lowest BCUT2D eigenvalue weighted by atomic mass is 9.98. The van der Waals surface area contributed by atoms with E-state index in [-0.39, 0.29) is 49.9 Å². The molecule has 15 heteroatoms. The van der Waals surface area contributed by atoms with E-state index >= 15 is 0 Å². The van der Waals surface area contributed by atoms with Gasteiger partial charge in [-0.05, 0) is 54.0 Å². The van der Waals surface area contributed by atoms with Crippen molar-refractivity contribution in [1.29, 1.82) is 6.69 Å². The molecule has 0 spiro atoms. The molecule has 3 heterocycles. The fraction of sp³-hybridized carbons (Fsp3) is 0.606. The van der Waals surface area contributed by atoms with Gasteiger partial charge >= 0.3 is 13.3 Å². The van der Waals surface area contributed by atoms with Gasteiger partial charge < -0.3 is 23.4 Å². The summed E-state index contributed by atoms with van der Waals surface area (Å²) in [5.74, 6) is 6.28. The van der Waals surface area contributed by atoms with Crippen LogP contribution >= 0.6 is 16.1 Å². The number of benzene rings is 1. The summed E-state index contributed by atoms with van der Waals surface area (Å²) in [4.78, 5) is 27.9. The molecule has 4 rings (SSSR count). The predicted octanol–water partition coefficient (Wildman–Crippen LogP) is 5.78. The van der Waals surface area contributed by atoms with Crippen LogP contribution < -0.4 is 15.8 Å². The molecule has 1 aromatic heterocycles. The highest BCUT2D eigenvalue weighted by atomic mass is 31.2. The summed E-state index contributed by atoms with van der Waals surface area (Å²) in [6, 6.07) is 9.55. The minimum Gasteiger partial charge on any atom is -0.424 e. The van der Waals surface area contributed by atoms with Crippen LogP contribution in [0.2, 0.25) is 0 Å². The molecule has 2 aromatic rings. The quantitative estimate of drug-likeness (QED) is 0.139. The van der Waals surface area contributed by atoms with Gasteiger partial charge in [0.15, 0.2) is 0 Å². The van der Waals surface area contributed by atoms with Crippen LogP contribution in [-0.2, 0) is 28.5 Å². The molecule has 2 aliphatic heterocycles. The van der Waals surface area contributed by atoms with Crippen molar-refractivity contribution in [3.05, 3.63) is 62.4 Å². The highest BCUT2D eigenvalue weighted by molar-refractivity contribution is 7.54. The first-order valence-corrected chi connectivity index (χ1v) is 18.6. The van der Waals surface area contributed by atoms with Crippen LogP contribution in [0.15, 0.2) is 40.1 Å². The number of rotatable bonds is 14. The van der Waals surface area contributed by atoms with Gasteiger partial charge in [0.05, 0.1) is 38.0 Å². The summed E-state index contributed by atoms with van der Waals surface area (Å²) >= 11 is 0. The molecule has 13 nitrogen and oxygen atoms in total. The Labute approximate surface area is 286 Å². The highest BCUT2D eigenvalue weighted by Gasteiger charge is 2.43. The maximum absolute atomic E-state index is 13.4. The van der Waals surface area contributed by atoms with Crippen LogP contribution in [0, 0.1) is 23.2 Å². The third-order valence-electron chi connectivity index (χ3n) is 7.61. The standard InChI is InChI=1S/C32H44N4O9P2.CH4/c1-22(2)36(23(3)4)46(41-17-12-16-33)43-27-19-29(42-28(27)21-37)35-20-24(30(38)34-31(35)39)13-8-7-11-18-47(40)44-26-15-10-9-14-25(26)32(5,6)45-47;/h9-10,14-15,20,22-23,27-29,37H,7,11-12,17-19,21H2,1-6H3,(H,34,38,39);1H4/i37D;1T. The molecule has 0 bridgehead atoms. The summed E-state index contributed by atoms with van der Waals surface area (Å²) in [6.07, 6.45) is 0.387. The van der Waals surface area contributed by atoms with Gasteiger partial charge in [-0.15, -0.1) is 0 Å². The number of nitriles is 1. The van der Waals surface area contributed by atoms with E-state index in [0.29, 0.717) is 18.6 Å². The summed E-state index contributed by atoms with van der Waals surface area (Å²) in [5, 5.41) is 13.7. The van der Waals surface area contributed by atoms with Crippen molar-refractivity contribution in [2.24, 2.45) is 0 Å². The Morgan fingerprint density at radius 1 is 1.29 bits per heavy atom. The van der Waals surface area contributed by atoms with Gasteiger partial charge in [-0.2, -0.15) is 5.26 Å². The zero-order valence-electron chi connectivity index (χ0n) is 30.6. The minimum atomic E-state index is -3.43. The normalized spacial score (nSPS) is 23.9. The summed E-state index contributed by atoms with van der Waals surface area (Å²) < 4.78 is 60.1. The Bertz CT molecular complexity index is 1680. The van der Waals surface area contributed by atoms with Gasteiger partial charge in [-0.1, -0.05) is 37.4 Å². The van der Waals surface area contributed by atoms with Crippen LogP contribution in [-0.4, -0.2) is 64.4 Å². The van der Waals surface area contributed by atoms with E-state index in [1.165, 1.54) is 18.2 Å². The summed E-state index contributed by atoms with van der Waals surface area (Å²) in [5.41, 5.74) is -1.23. The van der Waals surface area contributed by atoms with Gasteiger partial charge in [0.2, 0.25) is 1.43 Å². The second-order valence-electron chi connectivity index (χ2n) is 12.4. The van der Waals surface area contributed by atoms with Gasteiger partial charge in [0, 0.05) is 38.1 Å². The van der Waals surface area contributed by atoms with Crippen LogP contribution in [0.5, 0.6) is 5.75 Å². The second kappa shape index (κ2) is 17.2. The zero-order valence-corrected chi connectivity index (χ0v) is 30.4. The fourth-order valence-electron chi connectivity index (χ4n) is 5.55. The highest BCUT2D eigenvalue weighted by Crippen LogP contribution is 2.59. The molecule has 5 unspecified atom stereocenters. The smallest absolute Gasteiger partial charge is 0.380 e. The lowest BCUT2D eigenvalue weighted by Gasteiger charge is -2.37. The lowest BCUT2D eigenvalue weighted by molar-refractivity contribution is -0.0439. The number of hydrogen-bond donors (Lipinski definition) is 2. The second-order valence-corrected chi connectivity index (χ2v) is 15.8. The number of unbranched alkanes of at least 4 members (excludes halogenated alkanes) is 1. The number of H-pyrrole nitrogens is 1. The first kappa shape index (κ1) is 36.5. The molecule has 2 N–H and O–H groups in total. The van der Waals surface area contributed by atoms with E-state index in [9.17, 15) is 14.2 Å². The SMILES string of the molecule is [2H]OCC1OC(n2cc(C#CCCCP3(=O)Oc4ccccc4C(C)(C)O3)c(=O)[nH]c2=O)CC1OP(OCCC#N)N(C(C)C)C(C)C.[3H]C. The van der Waals surface area contributed by atoms with E-state index in [0.717, 1.165) is 5.56 Å². The molecule has 2 aliphatic rings. The van der Waals surface area contributed by atoms with Crippen molar-refractivity contribution in [1.82, 2.24) is 14.2 Å². The number of aromatic nitrogens is 2. The van der Waals surface area contributed by atoms with Crippen LogP contribution in [0.3, 0.4) is 0 Å². The number of aliphatic hydroxyl groups is 1. The maximum Gasteiger partial charge on any atom is 0.380 e. The maximum atomic E-state index is 13.4. The minimum absolute atomic E-state index is 0.0515. The van der Waals surface area contributed by atoms with E-state index in [1.54, 1.807) is 6.07 Å². The van der Waals surface area contributed by atoms with E-state index in [2.05, 4.69) is 32.7 Å². The number of aromatic amines is 1. The third-order valence-corrected chi connectivity index (χ3v) is 11.8. The number of para-hydroxylation sites is 1. The van der Waals surface area contributed by atoms with Crippen molar-refractivity contribution >= 4 is 16.1 Å². The Hall–Kier alpha value is -2.83. The van der Waals surface area contributed by atoms with Crippen molar-refractivity contribution in [3.8, 4) is 23.7 Å². The Balaban J connectivity index is 0.00000332. The lowest BCUT2D eigenvalue weighted by Crippen LogP contribution is -2.36. The van der Waals surface area contributed by atoms with Gasteiger partial charge in [0.1, 0.15) is 29.2 Å². The number of nitrogens with zero attached hydrogens (tertiary/aromatic N) is 3. The predicted molar refractivity (Wildman–Crippen MR) is 184 cm³/mol. The Kier molecular flexibility index (Phi) is 13.1. The summed E-state index contributed by atoms with van der Waals surface area (Å²) in [7, 11) is -3.81. The van der Waals surface area contributed by atoms with E-state index < -0.39 is 51.4 Å². The molecule has 1 saturated heterocycles. The number of ether oxygens (including phenoxy) is 1. The third kappa shape index (κ3) is 9.65.